The molecule has 0 aliphatic heterocycles. The molecule has 0 saturated heterocycles. The molecular formula is C14H15N5O4. The van der Waals surface area contributed by atoms with Crippen molar-refractivity contribution in [2.24, 2.45) is 10.9 Å². The van der Waals surface area contributed by atoms with Gasteiger partial charge in [0.25, 0.3) is 0 Å². The molecule has 0 aliphatic carbocycles. The summed E-state index contributed by atoms with van der Waals surface area (Å²) in [6.07, 6.45) is 1.08. The van der Waals surface area contributed by atoms with Gasteiger partial charge in [0, 0.05) is 5.56 Å². The third-order valence-electron chi connectivity index (χ3n) is 3.23. The van der Waals surface area contributed by atoms with Gasteiger partial charge in [-0.3, -0.25) is 10.1 Å². The van der Waals surface area contributed by atoms with E-state index in [4.69, 9.17) is 10.6 Å². The molecule has 9 nitrogen and oxygen atoms in total. The van der Waals surface area contributed by atoms with Crippen molar-refractivity contribution in [3.05, 3.63) is 57.9 Å². The summed E-state index contributed by atoms with van der Waals surface area (Å²) in [7, 11) is 0. The molecule has 0 radical (unpaired) electrons. The number of oxime groups is 1. The van der Waals surface area contributed by atoms with Crippen LogP contribution in [0.15, 0.2) is 41.7 Å². The third kappa shape index (κ3) is 3.51. The van der Waals surface area contributed by atoms with Crippen LogP contribution in [0.5, 0.6) is 0 Å². The molecule has 1 aromatic carbocycles. The molecule has 0 bridgehead atoms. The zero-order valence-corrected chi connectivity index (χ0v) is 12.5. The van der Waals surface area contributed by atoms with E-state index in [0.717, 1.165) is 6.20 Å². The van der Waals surface area contributed by atoms with E-state index in [0.29, 0.717) is 5.56 Å². The highest BCUT2D eigenvalue weighted by atomic mass is 16.7. The van der Waals surface area contributed by atoms with E-state index in [1.165, 1.54) is 18.5 Å². The molecule has 9 heteroatoms. The smallest absolute Gasteiger partial charge is 0.359 e. The van der Waals surface area contributed by atoms with E-state index in [-0.39, 0.29) is 17.2 Å². The maximum atomic E-state index is 12.0. The van der Waals surface area contributed by atoms with Crippen LogP contribution in [0.3, 0.4) is 0 Å². The average Bonchev–Trinajstić information content (AvgIpc) is 2.94. The van der Waals surface area contributed by atoms with Gasteiger partial charge < -0.3 is 10.6 Å². The first-order valence-electron chi connectivity index (χ1n) is 6.70. The summed E-state index contributed by atoms with van der Waals surface area (Å²) in [5.74, 6) is -0.681. The molecule has 2 aromatic rings. The molecule has 1 aromatic heterocycles. The zero-order chi connectivity index (χ0) is 17.0. The number of carbonyl (C=O) groups excluding carboxylic acids is 1. The Balaban J connectivity index is 2.10. The first-order valence-corrected chi connectivity index (χ1v) is 6.70. The number of nitrogens with two attached hydrogens (primary N) is 1. The van der Waals surface area contributed by atoms with Crippen LogP contribution in [-0.4, -0.2) is 26.5 Å². The molecule has 23 heavy (non-hydrogen) atoms. The lowest BCUT2D eigenvalue weighted by Crippen LogP contribution is -2.21. The van der Waals surface area contributed by atoms with Crippen molar-refractivity contribution in [1.29, 1.82) is 0 Å². The molecule has 2 rings (SSSR count). The molecule has 1 unspecified atom stereocenters. The maximum absolute atomic E-state index is 12.0. The van der Waals surface area contributed by atoms with Crippen LogP contribution >= 0.6 is 0 Å². The standard InChI is InChI=1S/C14H15N5O4/c1-9-12(19(21)22)8-16-18(9)10(2)14(20)23-17-13(15)11-6-4-3-5-7-11/h3-8,10H,1-2H3,(H2,15,17). The Labute approximate surface area is 131 Å². The van der Waals surface area contributed by atoms with E-state index >= 15 is 0 Å². The van der Waals surface area contributed by atoms with Gasteiger partial charge in [0.1, 0.15) is 17.9 Å². The Bertz CT molecular complexity index is 754. The number of benzene rings is 1. The highest BCUT2D eigenvalue weighted by Crippen LogP contribution is 2.20. The lowest BCUT2D eigenvalue weighted by molar-refractivity contribution is -0.385. The minimum Gasteiger partial charge on any atom is -0.380 e. The maximum Gasteiger partial charge on any atom is 0.359 e. The van der Waals surface area contributed by atoms with Crippen molar-refractivity contribution in [1.82, 2.24) is 9.78 Å². The van der Waals surface area contributed by atoms with E-state index in [2.05, 4.69) is 10.3 Å². The van der Waals surface area contributed by atoms with Crippen LogP contribution in [0, 0.1) is 17.0 Å². The van der Waals surface area contributed by atoms with E-state index in [1.807, 2.05) is 6.07 Å². The molecule has 0 fully saturated rings. The van der Waals surface area contributed by atoms with Crippen molar-refractivity contribution in [2.75, 3.05) is 0 Å². The fourth-order valence-corrected chi connectivity index (χ4v) is 1.92. The summed E-state index contributed by atoms with van der Waals surface area (Å²) in [5.41, 5.74) is 6.41. The molecule has 120 valence electrons. The number of nitrogens with zero attached hydrogens (tertiary/aromatic N) is 4. The monoisotopic (exact) mass is 317 g/mol. The van der Waals surface area contributed by atoms with Crippen molar-refractivity contribution in [3.8, 4) is 0 Å². The van der Waals surface area contributed by atoms with Crippen LogP contribution < -0.4 is 5.73 Å². The SMILES string of the molecule is Cc1c([N+](=O)[O-])cnn1C(C)C(=O)O/N=C(\N)c1ccccc1. The lowest BCUT2D eigenvalue weighted by Gasteiger charge is -2.10. The Morgan fingerprint density at radius 2 is 2.09 bits per heavy atom. The number of nitro groups is 1. The minimum atomic E-state index is -0.879. The van der Waals surface area contributed by atoms with Crippen molar-refractivity contribution >= 4 is 17.5 Å². The zero-order valence-electron chi connectivity index (χ0n) is 12.5. The van der Waals surface area contributed by atoms with Gasteiger partial charge in [-0.15, -0.1) is 0 Å². The topological polar surface area (TPSA) is 126 Å². The highest BCUT2D eigenvalue weighted by Gasteiger charge is 2.25. The van der Waals surface area contributed by atoms with Gasteiger partial charge in [-0.05, 0) is 13.8 Å². The molecule has 0 spiro atoms. The molecule has 0 saturated carbocycles. The van der Waals surface area contributed by atoms with E-state index in [9.17, 15) is 14.9 Å². The van der Waals surface area contributed by atoms with Crippen LogP contribution in [0.4, 0.5) is 5.69 Å². The summed E-state index contributed by atoms with van der Waals surface area (Å²) in [6.45, 7) is 3.00. The summed E-state index contributed by atoms with van der Waals surface area (Å²) in [5, 5.41) is 18.2. The van der Waals surface area contributed by atoms with Crippen LogP contribution in [-0.2, 0) is 9.63 Å². The second kappa shape index (κ2) is 6.69. The Hall–Kier alpha value is -3.23. The van der Waals surface area contributed by atoms with Crippen LogP contribution in [0.1, 0.15) is 24.2 Å². The predicted octanol–water partition coefficient (Wildman–Crippen LogP) is 1.52. The number of carbonyl (C=O) groups is 1. The molecule has 0 aliphatic rings. The van der Waals surface area contributed by atoms with Gasteiger partial charge in [0.15, 0.2) is 5.84 Å². The summed E-state index contributed by atoms with van der Waals surface area (Å²) in [6, 6.07) is 7.92. The van der Waals surface area contributed by atoms with Gasteiger partial charge >= 0.3 is 11.7 Å². The summed E-state index contributed by atoms with van der Waals surface area (Å²) >= 11 is 0. The first kappa shape index (κ1) is 16.1. The highest BCUT2D eigenvalue weighted by molar-refractivity contribution is 5.97. The summed E-state index contributed by atoms with van der Waals surface area (Å²) < 4.78 is 1.20. The Morgan fingerprint density at radius 1 is 1.43 bits per heavy atom. The van der Waals surface area contributed by atoms with Gasteiger partial charge in [0.2, 0.25) is 0 Å². The number of hydrogen-bond acceptors (Lipinski definition) is 6. The fourth-order valence-electron chi connectivity index (χ4n) is 1.92. The molecular weight excluding hydrogens is 302 g/mol. The second-order valence-electron chi connectivity index (χ2n) is 4.75. The lowest BCUT2D eigenvalue weighted by atomic mass is 10.2. The molecule has 1 atom stereocenters. The van der Waals surface area contributed by atoms with Crippen molar-refractivity contribution in [3.63, 3.8) is 0 Å². The van der Waals surface area contributed by atoms with Gasteiger partial charge in [0.05, 0.1) is 4.92 Å². The van der Waals surface area contributed by atoms with Gasteiger partial charge in [-0.25, -0.2) is 9.48 Å². The second-order valence-corrected chi connectivity index (χ2v) is 4.75. The number of hydrogen-bond donors (Lipinski definition) is 1. The van der Waals surface area contributed by atoms with E-state index in [1.54, 1.807) is 24.3 Å². The number of amidine groups is 1. The first-order chi connectivity index (χ1) is 10.9. The van der Waals surface area contributed by atoms with Gasteiger partial charge in [-0.1, -0.05) is 35.5 Å². The fraction of sp³-hybridized carbons (Fsp3) is 0.214. The Morgan fingerprint density at radius 3 is 2.65 bits per heavy atom. The number of rotatable bonds is 5. The van der Waals surface area contributed by atoms with Crippen molar-refractivity contribution in [2.45, 2.75) is 19.9 Å². The summed E-state index contributed by atoms with van der Waals surface area (Å²) in [4.78, 5) is 27.0. The average molecular weight is 317 g/mol. The van der Waals surface area contributed by atoms with Crippen LogP contribution in [0.25, 0.3) is 0 Å². The van der Waals surface area contributed by atoms with Crippen molar-refractivity contribution < 1.29 is 14.6 Å². The normalized spacial score (nSPS) is 12.7. The molecule has 0 amide bonds. The van der Waals surface area contributed by atoms with E-state index < -0.39 is 16.9 Å². The number of aromatic nitrogens is 2. The molecule has 1 heterocycles. The third-order valence-corrected chi connectivity index (χ3v) is 3.23. The minimum absolute atomic E-state index is 0.0503. The predicted molar refractivity (Wildman–Crippen MR) is 81.6 cm³/mol. The van der Waals surface area contributed by atoms with Gasteiger partial charge in [-0.2, -0.15) is 5.10 Å². The molecule has 2 N–H and O–H groups in total. The quantitative estimate of drug-likeness (QED) is 0.293. The van der Waals surface area contributed by atoms with Crippen LogP contribution in [0.2, 0.25) is 0 Å². The largest absolute Gasteiger partial charge is 0.380 e. The Kier molecular flexibility index (Phi) is 4.69.